The van der Waals surface area contributed by atoms with E-state index in [1.807, 2.05) is 13.8 Å². The Morgan fingerprint density at radius 3 is 2.52 bits per heavy atom. The van der Waals surface area contributed by atoms with Crippen LogP contribution in [0.4, 0.5) is 4.79 Å². The minimum atomic E-state index is -0.499. The molecular formula is C21H30N2O6. The van der Waals surface area contributed by atoms with Crippen LogP contribution in [0.5, 0.6) is 11.5 Å². The molecule has 8 heteroatoms. The molecule has 0 saturated carbocycles. The maximum absolute atomic E-state index is 12.4. The van der Waals surface area contributed by atoms with Crippen molar-refractivity contribution in [1.29, 1.82) is 0 Å². The Kier molecular flexibility index (Phi) is 8.76. The minimum Gasteiger partial charge on any atom is -0.486 e. The number of carbonyl (C=O) groups is 3. The zero-order valence-electron chi connectivity index (χ0n) is 17.3. The molecule has 2 rings (SSSR count). The van der Waals surface area contributed by atoms with Crippen molar-refractivity contribution in [3.05, 3.63) is 23.8 Å². The first-order valence-corrected chi connectivity index (χ1v) is 10.0. The van der Waals surface area contributed by atoms with E-state index < -0.39 is 6.09 Å². The SMILES string of the molecule is CCOC(=O)NC(CNC(=O)CCC(=O)c1ccc2c(c1)OCCO2)CC(C)C. The van der Waals surface area contributed by atoms with Gasteiger partial charge in [-0.25, -0.2) is 4.79 Å². The lowest BCUT2D eigenvalue weighted by Gasteiger charge is -2.20. The number of hydrogen-bond donors (Lipinski definition) is 2. The normalized spacial score (nSPS) is 13.5. The predicted molar refractivity (Wildman–Crippen MR) is 107 cm³/mol. The third-order valence-electron chi connectivity index (χ3n) is 4.34. The van der Waals surface area contributed by atoms with Crippen LogP contribution in [0.2, 0.25) is 0 Å². The fourth-order valence-electron chi connectivity index (χ4n) is 3.02. The highest BCUT2D eigenvalue weighted by atomic mass is 16.6. The Morgan fingerprint density at radius 2 is 1.83 bits per heavy atom. The quantitative estimate of drug-likeness (QED) is 0.579. The molecule has 1 aromatic rings. The van der Waals surface area contributed by atoms with Crippen molar-refractivity contribution in [3.63, 3.8) is 0 Å². The minimum absolute atomic E-state index is 0.0705. The van der Waals surface area contributed by atoms with Crippen molar-refractivity contribution in [3.8, 4) is 11.5 Å². The van der Waals surface area contributed by atoms with Crippen molar-refractivity contribution in [2.24, 2.45) is 5.92 Å². The maximum atomic E-state index is 12.4. The first-order chi connectivity index (χ1) is 13.9. The van der Waals surface area contributed by atoms with Crippen LogP contribution in [0.25, 0.3) is 0 Å². The Labute approximate surface area is 171 Å². The molecule has 0 aromatic heterocycles. The molecule has 0 fully saturated rings. The number of ketones is 1. The van der Waals surface area contributed by atoms with E-state index in [0.717, 1.165) is 0 Å². The van der Waals surface area contributed by atoms with Crippen LogP contribution in [-0.4, -0.2) is 50.2 Å². The monoisotopic (exact) mass is 406 g/mol. The molecule has 1 heterocycles. The molecule has 0 saturated heterocycles. The van der Waals surface area contributed by atoms with Crippen LogP contribution < -0.4 is 20.1 Å². The number of rotatable bonds is 10. The highest BCUT2D eigenvalue weighted by Crippen LogP contribution is 2.31. The molecular weight excluding hydrogens is 376 g/mol. The van der Waals surface area contributed by atoms with Crippen LogP contribution >= 0.6 is 0 Å². The molecule has 0 bridgehead atoms. The van der Waals surface area contributed by atoms with Gasteiger partial charge in [0.05, 0.1) is 6.61 Å². The van der Waals surface area contributed by atoms with Crippen molar-refractivity contribution in [1.82, 2.24) is 10.6 Å². The molecule has 2 amide bonds. The van der Waals surface area contributed by atoms with Gasteiger partial charge in [-0.1, -0.05) is 13.8 Å². The fourth-order valence-corrected chi connectivity index (χ4v) is 3.02. The van der Waals surface area contributed by atoms with Gasteiger partial charge >= 0.3 is 6.09 Å². The summed E-state index contributed by atoms with van der Waals surface area (Å²) in [7, 11) is 0. The number of Topliss-reactive ketones (excluding diaryl/α,β-unsaturated/α-hetero) is 1. The average Bonchev–Trinajstić information content (AvgIpc) is 2.69. The summed E-state index contributed by atoms with van der Waals surface area (Å²) in [6.45, 7) is 7.31. The van der Waals surface area contributed by atoms with Gasteiger partial charge in [0.25, 0.3) is 0 Å². The van der Waals surface area contributed by atoms with Crippen LogP contribution in [0, 0.1) is 5.92 Å². The number of carbonyl (C=O) groups excluding carboxylic acids is 3. The van der Waals surface area contributed by atoms with Crippen molar-refractivity contribution in [2.75, 3.05) is 26.4 Å². The van der Waals surface area contributed by atoms with Gasteiger partial charge in [-0.15, -0.1) is 0 Å². The van der Waals surface area contributed by atoms with Gasteiger partial charge in [0, 0.05) is 31.0 Å². The van der Waals surface area contributed by atoms with E-state index in [1.165, 1.54) is 0 Å². The second-order valence-corrected chi connectivity index (χ2v) is 7.28. The van der Waals surface area contributed by atoms with Gasteiger partial charge in [-0.3, -0.25) is 9.59 Å². The van der Waals surface area contributed by atoms with E-state index in [2.05, 4.69) is 10.6 Å². The third-order valence-corrected chi connectivity index (χ3v) is 4.34. The lowest BCUT2D eigenvalue weighted by Crippen LogP contribution is -2.44. The zero-order valence-corrected chi connectivity index (χ0v) is 17.3. The van der Waals surface area contributed by atoms with E-state index in [4.69, 9.17) is 14.2 Å². The Morgan fingerprint density at radius 1 is 1.10 bits per heavy atom. The molecule has 1 atom stereocenters. The molecule has 1 aromatic carbocycles. The Balaban J connectivity index is 1.80. The van der Waals surface area contributed by atoms with Gasteiger partial charge in [0.15, 0.2) is 17.3 Å². The number of fused-ring (bicyclic) bond motifs is 1. The van der Waals surface area contributed by atoms with Gasteiger partial charge in [-0.05, 0) is 37.5 Å². The predicted octanol–water partition coefficient (Wildman–Crippen LogP) is 2.70. The molecule has 8 nitrogen and oxygen atoms in total. The average molecular weight is 406 g/mol. The summed E-state index contributed by atoms with van der Waals surface area (Å²) >= 11 is 0. The molecule has 1 aliphatic heterocycles. The smallest absolute Gasteiger partial charge is 0.407 e. The molecule has 1 aliphatic rings. The number of nitrogens with one attached hydrogen (secondary N) is 2. The lowest BCUT2D eigenvalue weighted by atomic mass is 10.0. The van der Waals surface area contributed by atoms with Gasteiger partial charge in [0.2, 0.25) is 5.91 Å². The summed E-state index contributed by atoms with van der Waals surface area (Å²) < 4.78 is 15.8. The third kappa shape index (κ3) is 7.63. The zero-order chi connectivity index (χ0) is 21.2. The van der Waals surface area contributed by atoms with Gasteiger partial charge in [-0.2, -0.15) is 0 Å². The first kappa shape index (κ1) is 22.5. The standard InChI is InChI=1S/C21H30N2O6/c1-4-27-21(26)23-16(11-14(2)3)13-22-20(25)8-6-17(24)15-5-7-18-19(12-15)29-10-9-28-18/h5,7,12,14,16H,4,6,8-11,13H2,1-3H3,(H,22,25)(H,23,26). The van der Waals surface area contributed by atoms with Gasteiger partial charge in [0.1, 0.15) is 13.2 Å². The van der Waals surface area contributed by atoms with Crippen LogP contribution in [0.3, 0.4) is 0 Å². The van der Waals surface area contributed by atoms with Crippen LogP contribution in [0.1, 0.15) is 50.4 Å². The molecule has 0 aliphatic carbocycles. The topological polar surface area (TPSA) is 103 Å². The van der Waals surface area contributed by atoms with Crippen molar-refractivity contribution in [2.45, 2.75) is 46.1 Å². The highest BCUT2D eigenvalue weighted by Gasteiger charge is 2.18. The Bertz CT molecular complexity index is 719. The molecule has 1 unspecified atom stereocenters. The largest absolute Gasteiger partial charge is 0.486 e. The molecule has 2 N–H and O–H groups in total. The molecule has 0 spiro atoms. The maximum Gasteiger partial charge on any atom is 0.407 e. The van der Waals surface area contributed by atoms with Crippen molar-refractivity contribution < 1.29 is 28.6 Å². The highest BCUT2D eigenvalue weighted by molar-refractivity contribution is 5.98. The molecule has 0 radical (unpaired) electrons. The number of alkyl carbamates (subject to hydrolysis) is 1. The second-order valence-electron chi connectivity index (χ2n) is 7.28. The number of amides is 2. The van der Waals surface area contributed by atoms with E-state index >= 15 is 0 Å². The van der Waals surface area contributed by atoms with E-state index in [-0.39, 0.29) is 43.7 Å². The number of ether oxygens (including phenoxy) is 3. The number of hydrogen-bond acceptors (Lipinski definition) is 6. The summed E-state index contributed by atoms with van der Waals surface area (Å²) in [5.41, 5.74) is 0.490. The number of benzene rings is 1. The molecule has 29 heavy (non-hydrogen) atoms. The van der Waals surface area contributed by atoms with Crippen LogP contribution in [-0.2, 0) is 9.53 Å². The van der Waals surface area contributed by atoms with Gasteiger partial charge < -0.3 is 24.8 Å². The summed E-state index contributed by atoms with van der Waals surface area (Å²) in [6.07, 6.45) is 0.364. The van der Waals surface area contributed by atoms with Crippen molar-refractivity contribution >= 4 is 17.8 Å². The summed E-state index contributed by atoms with van der Waals surface area (Å²) in [4.78, 5) is 36.2. The van der Waals surface area contributed by atoms with Crippen LogP contribution in [0.15, 0.2) is 18.2 Å². The summed E-state index contributed by atoms with van der Waals surface area (Å²) in [5, 5.41) is 5.54. The Hall–Kier alpha value is -2.77. The van der Waals surface area contributed by atoms with E-state index in [9.17, 15) is 14.4 Å². The lowest BCUT2D eigenvalue weighted by molar-refractivity contribution is -0.121. The fraction of sp³-hybridized carbons (Fsp3) is 0.571. The summed E-state index contributed by atoms with van der Waals surface area (Å²) in [5.74, 6) is 1.13. The van der Waals surface area contributed by atoms with E-state index in [1.54, 1.807) is 25.1 Å². The van der Waals surface area contributed by atoms with E-state index in [0.29, 0.717) is 42.6 Å². The summed E-state index contributed by atoms with van der Waals surface area (Å²) in [6, 6.07) is 4.80. The second kappa shape index (κ2) is 11.3. The molecule has 160 valence electrons. The first-order valence-electron chi connectivity index (χ1n) is 10.0.